The van der Waals surface area contributed by atoms with Gasteiger partial charge in [-0.1, -0.05) is 5.21 Å². The topological polar surface area (TPSA) is 110 Å². The number of nitrogens with zero attached hydrogens (tertiary/aromatic N) is 8. The number of nitrogens with one attached hydrogen (secondary N) is 1. The Morgan fingerprint density at radius 1 is 1.21 bits per heavy atom. The molecular weight excluding hydrogens is 354 g/mol. The van der Waals surface area contributed by atoms with Crippen LogP contribution < -0.4 is 5.32 Å². The Morgan fingerprint density at radius 2 is 2.11 bits per heavy atom. The Bertz CT molecular complexity index is 1210. The Hall–Kier alpha value is -3.80. The van der Waals surface area contributed by atoms with Gasteiger partial charge in [0, 0.05) is 47.7 Å². The fourth-order valence-corrected chi connectivity index (χ4v) is 3.06. The van der Waals surface area contributed by atoms with Gasteiger partial charge in [0.05, 0.1) is 18.0 Å². The van der Waals surface area contributed by atoms with Gasteiger partial charge in [-0.3, -0.25) is 4.68 Å². The van der Waals surface area contributed by atoms with Gasteiger partial charge < -0.3 is 5.32 Å². The van der Waals surface area contributed by atoms with Crippen molar-refractivity contribution in [1.82, 2.24) is 34.7 Å². The summed E-state index contributed by atoms with van der Waals surface area (Å²) in [5, 5.41) is 26.2. The van der Waals surface area contributed by atoms with Crippen molar-refractivity contribution >= 4 is 16.7 Å². The average molecular weight is 371 g/mol. The molecule has 1 saturated carbocycles. The lowest BCUT2D eigenvalue weighted by Gasteiger charge is -2.11. The quantitative estimate of drug-likeness (QED) is 0.574. The molecule has 0 saturated heterocycles. The maximum Gasteiger partial charge on any atom is 0.164 e. The lowest BCUT2D eigenvalue weighted by molar-refractivity contribution is 0.627. The van der Waals surface area contributed by atoms with Gasteiger partial charge in [-0.15, -0.1) is 5.10 Å². The highest BCUT2D eigenvalue weighted by atomic mass is 15.4. The number of fused-ring (bicyclic) bond motifs is 1. The molecule has 5 rings (SSSR count). The van der Waals surface area contributed by atoms with E-state index in [0.717, 1.165) is 41.7 Å². The Kier molecular flexibility index (Phi) is 3.76. The second kappa shape index (κ2) is 6.42. The lowest BCUT2D eigenvalue weighted by atomic mass is 10.1. The average Bonchev–Trinajstić information content (AvgIpc) is 3.26. The van der Waals surface area contributed by atoms with Crippen molar-refractivity contribution in [2.45, 2.75) is 32.4 Å². The number of pyridine rings is 2. The van der Waals surface area contributed by atoms with E-state index < -0.39 is 0 Å². The number of anilines is 1. The summed E-state index contributed by atoms with van der Waals surface area (Å²) in [5.74, 6) is 0.655. The molecule has 0 bridgehead atoms. The van der Waals surface area contributed by atoms with Crippen molar-refractivity contribution < 1.29 is 0 Å². The van der Waals surface area contributed by atoms with E-state index in [4.69, 9.17) is 5.26 Å². The second-order valence-electron chi connectivity index (χ2n) is 6.77. The standard InChI is InChI=1S/C19H17N9/c1-2-27-11-17(25-26-27)15-10-21-18(6-16(15)24-14-3-4-14)28-19-13(9-23-28)5-12(7-20)8-22-19/h5-6,8-11,14H,2-4H2,1H3,(H,21,24). The van der Waals surface area contributed by atoms with Crippen LogP contribution in [0, 0.1) is 11.3 Å². The molecule has 9 heteroatoms. The van der Waals surface area contributed by atoms with E-state index in [0.29, 0.717) is 23.1 Å². The molecule has 4 aromatic heterocycles. The molecule has 1 fully saturated rings. The first-order valence-corrected chi connectivity index (χ1v) is 9.16. The minimum absolute atomic E-state index is 0.473. The van der Waals surface area contributed by atoms with Crippen LogP contribution in [0.15, 0.2) is 36.9 Å². The fraction of sp³-hybridized carbons (Fsp3) is 0.263. The van der Waals surface area contributed by atoms with Gasteiger partial charge in [0.15, 0.2) is 11.5 Å². The largest absolute Gasteiger partial charge is 0.382 e. The van der Waals surface area contributed by atoms with Crippen LogP contribution in [0.4, 0.5) is 5.69 Å². The molecule has 9 nitrogen and oxygen atoms in total. The Labute approximate surface area is 160 Å². The molecule has 0 spiro atoms. The molecule has 0 amide bonds. The second-order valence-corrected chi connectivity index (χ2v) is 6.77. The molecule has 0 unspecified atom stereocenters. The molecule has 0 radical (unpaired) electrons. The molecular formula is C19H17N9. The zero-order valence-corrected chi connectivity index (χ0v) is 15.2. The third kappa shape index (κ3) is 2.85. The van der Waals surface area contributed by atoms with Gasteiger partial charge in [0.1, 0.15) is 11.8 Å². The maximum absolute atomic E-state index is 9.05. The van der Waals surface area contributed by atoms with Gasteiger partial charge in [0.25, 0.3) is 0 Å². The smallest absolute Gasteiger partial charge is 0.164 e. The third-order valence-electron chi connectivity index (χ3n) is 4.72. The van der Waals surface area contributed by atoms with Crippen LogP contribution in [-0.4, -0.2) is 40.8 Å². The SMILES string of the molecule is CCn1cc(-c2cnc(-n3ncc4cc(C#N)cnc43)cc2NC2CC2)nn1. The van der Waals surface area contributed by atoms with Gasteiger partial charge in [-0.2, -0.15) is 15.0 Å². The van der Waals surface area contributed by atoms with Crippen LogP contribution in [0.3, 0.4) is 0 Å². The maximum atomic E-state index is 9.05. The Balaban J connectivity index is 1.60. The molecule has 0 aliphatic heterocycles. The molecule has 4 heterocycles. The number of hydrogen-bond donors (Lipinski definition) is 1. The van der Waals surface area contributed by atoms with Crippen LogP contribution in [0.2, 0.25) is 0 Å². The van der Waals surface area contributed by atoms with Crippen molar-refractivity contribution in [2.75, 3.05) is 5.32 Å². The highest BCUT2D eigenvalue weighted by molar-refractivity contribution is 5.79. The minimum Gasteiger partial charge on any atom is -0.382 e. The molecule has 0 aromatic carbocycles. The number of hydrogen-bond acceptors (Lipinski definition) is 7. The van der Waals surface area contributed by atoms with Crippen molar-refractivity contribution in [2.24, 2.45) is 0 Å². The zero-order chi connectivity index (χ0) is 19.1. The summed E-state index contributed by atoms with van der Waals surface area (Å²) in [5.41, 5.74) is 3.81. The van der Waals surface area contributed by atoms with Crippen LogP contribution in [-0.2, 0) is 6.54 Å². The van der Waals surface area contributed by atoms with Gasteiger partial charge in [-0.05, 0) is 25.8 Å². The third-order valence-corrected chi connectivity index (χ3v) is 4.72. The van der Waals surface area contributed by atoms with Crippen molar-refractivity contribution in [3.8, 4) is 23.1 Å². The van der Waals surface area contributed by atoms with Gasteiger partial charge in [-0.25, -0.2) is 9.97 Å². The zero-order valence-electron chi connectivity index (χ0n) is 15.2. The summed E-state index contributed by atoms with van der Waals surface area (Å²) < 4.78 is 3.48. The number of aryl methyl sites for hydroxylation is 1. The summed E-state index contributed by atoms with van der Waals surface area (Å²) in [6, 6.07) is 6.30. The first kappa shape index (κ1) is 16.4. The summed E-state index contributed by atoms with van der Waals surface area (Å²) in [4.78, 5) is 8.97. The molecule has 1 aliphatic carbocycles. The van der Waals surface area contributed by atoms with Crippen LogP contribution in [0.5, 0.6) is 0 Å². The Morgan fingerprint density at radius 3 is 2.86 bits per heavy atom. The van der Waals surface area contributed by atoms with Crippen LogP contribution in [0.25, 0.3) is 28.1 Å². The molecule has 28 heavy (non-hydrogen) atoms. The normalized spacial score (nSPS) is 13.6. The van der Waals surface area contributed by atoms with Gasteiger partial charge in [0.2, 0.25) is 0 Å². The van der Waals surface area contributed by atoms with Crippen molar-refractivity contribution in [3.05, 3.63) is 42.5 Å². The van der Waals surface area contributed by atoms with Gasteiger partial charge >= 0.3 is 0 Å². The summed E-state index contributed by atoms with van der Waals surface area (Å²) in [7, 11) is 0. The molecule has 0 atom stereocenters. The van der Waals surface area contributed by atoms with E-state index in [1.807, 2.05) is 19.2 Å². The van der Waals surface area contributed by atoms with E-state index in [1.165, 1.54) is 0 Å². The number of rotatable bonds is 5. The first-order valence-electron chi connectivity index (χ1n) is 9.16. The van der Waals surface area contributed by atoms with Crippen molar-refractivity contribution in [1.29, 1.82) is 5.26 Å². The monoisotopic (exact) mass is 371 g/mol. The highest BCUT2D eigenvalue weighted by Gasteiger charge is 2.23. The number of nitriles is 1. The van der Waals surface area contributed by atoms with Crippen LogP contribution >= 0.6 is 0 Å². The fourth-order valence-electron chi connectivity index (χ4n) is 3.06. The minimum atomic E-state index is 0.473. The molecule has 138 valence electrons. The molecule has 1 aliphatic rings. The van der Waals surface area contributed by atoms with E-state index in [1.54, 1.807) is 34.0 Å². The number of aromatic nitrogens is 7. The summed E-state index contributed by atoms with van der Waals surface area (Å²) in [6.07, 6.45) is 9.26. The van der Waals surface area contributed by atoms with E-state index in [-0.39, 0.29) is 0 Å². The first-order chi connectivity index (χ1) is 13.7. The predicted octanol–water partition coefficient (Wildman–Crippen LogP) is 2.54. The molecule has 1 N–H and O–H groups in total. The lowest BCUT2D eigenvalue weighted by Crippen LogP contribution is -2.07. The van der Waals surface area contributed by atoms with Crippen molar-refractivity contribution in [3.63, 3.8) is 0 Å². The highest BCUT2D eigenvalue weighted by Crippen LogP contribution is 2.32. The van der Waals surface area contributed by atoms with E-state index >= 15 is 0 Å². The molecule has 4 aromatic rings. The van der Waals surface area contributed by atoms with Crippen LogP contribution in [0.1, 0.15) is 25.3 Å². The van der Waals surface area contributed by atoms with E-state index in [2.05, 4.69) is 36.8 Å². The predicted molar refractivity (Wildman–Crippen MR) is 103 cm³/mol. The summed E-state index contributed by atoms with van der Waals surface area (Å²) in [6.45, 7) is 2.79. The summed E-state index contributed by atoms with van der Waals surface area (Å²) >= 11 is 0. The van der Waals surface area contributed by atoms with E-state index in [9.17, 15) is 0 Å².